The minimum absolute atomic E-state index is 0.0141. The molecule has 7 rings (SSSR count). The van der Waals surface area contributed by atoms with Gasteiger partial charge in [0.1, 0.15) is 11.2 Å². The Balaban J connectivity index is 1.11. The molecule has 0 bridgehead atoms. The molecule has 0 saturated carbocycles. The largest absolute Gasteiger partial charge is 0.478 e. The van der Waals surface area contributed by atoms with E-state index >= 15 is 0 Å². The normalized spacial score (nSPS) is 16.0. The van der Waals surface area contributed by atoms with Gasteiger partial charge in [0.15, 0.2) is 5.82 Å². The van der Waals surface area contributed by atoms with Crippen molar-refractivity contribution >= 4 is 46.7 Å². The Hall–Kier alpha value is -5.24. The summed E-state index contributed by atoms with van der Waals surface area (Å²) in [5.74, 6) is 0.900. The van der Waals surface area contributed by atoms with E-state index in [1.807, 2.05) is 86.1 Å². The van der Waals surface area contributed by atoms with E-state index in [1.54, 1.807) is 18.6 Å². The molecule has 2 aliphatic heterocycles. The van der Waals surface area contributed by atoms with Crippen LogP contribution in [0.25, 0.3) is 39.2 Å². The zero-order chi connectivity index (χ0) is 38.3. The maximum Gasteiger partial charge on any atom is 0.407 e. The van der Waals surface area contributed by atoms with Gasteiger partial charge in [-0.3, -0.25) is 18.9 Å². The highest BCUT2D eigenvalue weighted by atomic mass is 35.5. The average Bonchev–Trinajstić information content (AvgIpc) is 3.56. The van der Waals surface area contributed by atoms with Crippen LogP contribution in [0.5, 0.6) is 5.88 Å². The molecule has 5 heterocycles. The van der Waals surface area contributed by atoms with Gasteiger partial charge in [-0.15, -0.1) is 0 Å². The molecular formula is C39H40Cl2N8O5. The second-order valence-electron chi connectivity index (χ2n) is 14.4. The number of fused-ring (bicyclic) bond motifs is 1. The summed E-state index contributed by atoms with van der Waals surface area (Å²) in [4.78, 5) is 55.2. The van der Waals surface area contributed by atoms with Crippen LogP contribution in [0.3, 0.4) is 0 Å². The van der Waals surface area contributed by atoms with E-state index in [-0.39, 0.29) is 23.7 Å². The van der Waals surface area contributed by atoms with Crippen molar-refractivity contribution in [3.8, 4) is 39.4 Å². The highest BCUT2D eigenvalue weighted by molar-refractivity contribution is 6.39. The van der Waals surface area contributed by atoms with Crippen molar-refractivity contribution in [1.29, 1.82) is 0 Å². The highest BCUT2D eigenvalue weighted by Gasteiger charge is 2.33. The number of carbonyl (C=O) groups excluding carboxylic acids is 2. The zero-order valence-electron chi connectivity index (χ0n) is 30.5. The van der Waals surface area contributed by atoms with Gasteiger partial charge < -0.3 is 25.0 Å². The lowest BCUT2D eigenvalue weighted by Crippen LogP contribution is -2.60. The van der Waals surface area contributed by atoms with E-state index in [0.29, 0.717) is 87.8 Å². The first-order valence-electron chi connectivity index (χ1n) is 17.5. The van der Waals surface area contributed by atoms with Crippen LogP contribution >= 0.6 is 23.2 Å². The smallest absolute Gasteiger partial charge is 0.407 e. The molecule has 15 heteroatoms. The fourth-order valence-electron chi connectivity index (χ4n) is 6.66. The number of pyridine rings is 1. The average molecular weight is 772 g/mol. The summed E-state index contributed by atoms with van der Waals surface area (Å²) in [6, 6.07) is 14.9. The number of halogens is 2. The number of nitrogens with one attached hydrogen (secondary N) is 2. The Morgan fingerprint density at radius 1 is 1.00 bits per heavy atom. The predicted molar refractivity (Wildman–Crippen MR) is 208 cm³/mol. The topological polar surface area (TPSA) is 143 Å². The van der Waals surface area contributed by atoms with Crippen LogP contribution in [0.1, 0.15) is 39.2 Å². The number of alkyl carbamates (subject to hydrolysis) is 1. The summed E-state index contributed by atoms with van der Waals surface area (Å²) >= 11 is 14.2. The third-order valence-electron chi connectivity index (χ3n) is 9.40. The zero-order valence-corrected chi connectivity index (χ0v) is 32.0. The number of rotatable bonds is 9. The minimum Gasteiger partial charge on any atom is -0.478 e. The van der Waals surface area contributed by atoms with Crippen LogP contribution in [0.2, 0.25) is 10.0 Å². The SMILES string of the molecule is COc1nc(-c2cccc(-c3cccc(-c4ccn5c(=O)c(CN(C)[C@H]6CCC(=O)N6)cnc5c4)c3Cl)c2Cl)cnc1N1CC(NC(=O)OC(C)(C)C)C1. The number of methoxy groups -OCH3 is 1. The molecule has 3 aromatic heterocycles. The quantitative estimate of drug-likeness (QED) is 0.178. The first kappa shape index (κ1) is 37.1. The molecule has 0 spiro atoms. The summed E-state index contributed by atoms with van der Waals surface area (Å²) in [7, 11) is 3.41. The number of aromatic nitrogens is 4. The standard InChI is InChI=1S/C39H40Cl2N8O5/c1-39(2,3)54-38(52)44-24-20-48(21-24)35-36(53-5)45-29(18-43-35)28-11-7-10-27(34(28)41)26-9-6-8-25(33(26)40)22-14-15-49-31(16-22)42-17-23(37(49)51)19-47(4)30-12-13-32(50)46-30/h6-11,14-18,24,30H,12-13,19-21H2,1-5H3,(H,44,52)(H,46,50)/t30-/m0/s1. The number of hydrogen-bond acceptors (Lipinski definition) is 10. The molecule has 5 aromatic rings. The summed E-state index contributed by atoms with van der Waals surface area (Å²) in [5.41, 5.74) is 4.34. The maximum absolute atomic E-state index is 13.4. The van der Waals surface area contributed by atoms with Gasteiger partial charge in [0.25, 0.3) is 11.4 Å². The number of benzene rings is 2. The van der Waals surface area contributed by atoms with Gasteiger partial charge in [-0.05, 0) is 51.9 Å². The monoisotopic (exact) mass is 770 g/mol. The fraction of sp³-hybridized carbons (Fsp3) is 0.333. The molecule has 0 unspecified atom stereocenters. The molecule has 13 nitrogen and oxygen atoms in total. The third kappa shape index (κ3) is 7.57. The van der Waals surface area contributed by atoms with Crippen LogP contribution in [0.4, 0.5) is 10.6 Å². The third-order valence-corrected chi connectivity index (χ3v) is 10.2. The number of ether oxygens (including phenoxy) is 2. The van der Waals surface area contributed by atoms with Gasteiger partial charge in [0.05, 0.1) is 46.8 Å². The second-order valence-corrected chi connectivity index (χ2v) is 15.2. The number of amides is 2. The summed E-state index contributed by atoms with van der Waals surface area (Å²) in [5, 5.41) is 6.72. The maximum atomic E-state index is 13.4. The molecule has 2 aliphatic rings. The van der Waals surface area contributed by atoms with E-state index in [9.17, 15) is 14.4 Å². The summed E-state index contributed by atoms with van der Waals surface area (Å²) < 4.78 is 12.5. The predicted octanol–water partition coefficient (Wildman–Crippen LogP) is 6.18. The van der Waals surface area contributed by atoms with Crippen LogP contribution in [-0.2, 0) is 16.1 Å². The fourth-order valence-corrected chi connectivity index (χ4v) is 7.33. The Kier molecular flexibility index (Phi) is 10.2. The molecular weight excluding hydrogens is 731 g/mol. The van der Waals surface area contributed by atoms with E-state index < -0.39 is 11.7 Å². The number of nitrogens with zero attached hydrogens (tertiary/aromatic N) is 6. The van der Waals surface area contributed by atoms with Crippen LogP contribution in [0, 0.1) is 0 Å². The molecule has 54 heavy (non-hydrogen) atoms. The number of carbonyl (C=O) groups is 2. The second kappa shape index (κ2) is 14.9. The molecule has 2 fully saturated rings. The van der Waals surface area contributed by atoms with Crippen molar-refractivity contribution in [2.24, 2.45) is 0 Å². The lowest BCUT2D eigenvalue weighted by molar-refractivity contribution is -0.119. The van der Waals surface area contributed by atoms with Crippen molar-refractivity contribution in [1.82, 2.24) is 34.9 Å². The van der Waals surface area contributed by atoms with Crippen molar-refractivity contribution in [3.05, 3.63) is 93.1 Å². The summed E-state index contributed by atoms with van der Waals surface area (Å²) in [6.07, 6.45) is 5.54. The van der Waals surface area contributed by atoms with Crippen LogP contribution < -0.4 is 25.8 Å². The molecule has 2 N–H and O–H groups in total. The Morgan fingerprint density at radius 3 is 2.35 bits per heavy atom. The van der Waals surface area contributed by atoms with Crippen molar-refractivity contribution in [2.75, 3.05) is 32.1 Å². The van der Waals surface area contributed by atoms with Crippen LogP contribution in [-0.4, -0.2) is 81.3 Å². The number of hydrogen-bond donors (Lipinski definition) is 2. The van der Waals surface area contributed by atoms with Gasteiger partial charge in [0, 0.05) is 60.7 Å². The first-order chi connectivity index (χ1) is 25.8. The van der Waals surface area contributed by atoms with Gasteiger partial charge in [-0.1, -0.05) is 59.6 Å². The minimum atomic E-state index is -0.579. The van der Waals surface area contributed by atoms with E-state index in [4.69, 9.17) is 37.7 Å². The molecule has 2 saturated heterocycles. The first-order valence-corrected chi connectivity index (χ1v) is 18.3. The molecule has 280 valence electrons. The lowest BCUT2D eigenvalue weighted by atomic mass is 9.97. The van der Waals surface area contributed by atoms with Crippen molar-refractivity contribution in [2.45, 2.75) is 58.0 Å². The van der Waals surface area contributed by atoms with Crippen molar-refractivity contribution < 1.29 is 19.1 Å². The lowest BCUT2D eigenvalue weighted by Gasteiger charge is -2.40. The molecule has 0 aliphatic carbocycles. The van der Waals surface area contributed by atoms with Crippen LogP contribution in [0.15, 0.2) is 71.9 Å². The highest BCUT2D eigenvalue weighted by Crippen LogP contribution is 2.42. The van der Waals surface area contributed by atoms with E-state index in [2.05, 4.69) is 20.6 Å². The van der Waals surface area contributed by atoms with Gasteiger partial charge in [-0.25, -0.2) is 19.7 Å². The van der Waals surface area contributed by atoms with Crippen molar-refractivity contribution in [3.63, 3.8) is 0 Å². The molecule has 0 radical (unpaired) electrons. The van der Waals surface area contributed by atoms with Gasteiger partial charge in [0.2, 0.25) is 5.91 Å². The van der Waals surface area contributed by atoms with Gasteiger partial charge >= 0.3 is 6.09 Å². The van der Waals surface area contributed by atoms with Gasteiger partial charge in [-0.2, -0.15) is 0 Å². The molecule has 1 atom stereocenters. The van der Waals surface area contributed by atoms with E-state index in [1.165, 1.54) is 11.5 Å². The Morgan fingerprint density at radius 2 is 1.69 bits per heavy atom. The number of anilines is 1. The Bertz CT molecular complexity index is 2320. The summed E-state index contributed by atoms with van der Waals surface area (Å²) in [6.45, 7) is 6.87. The Labute approximate surface area is 322 Å². The molecule has 2 aromatic carbocycles. The van der Waals surface area contributed by atoms with E-state index in [0.717, 1.165) is 11.1 Å². The molecule has 2 amide bonds.